The summed E-state index contributed by atoms with van der Waals surface area (Å²) in [6.45, 7) is -0.316. The summed E-state index contributed by atoms with van der Waals surface area (Å²) in [7, 11) is 0. The van der Waals surface area contributed by atoms with Gasteiger partial charge >= 0.3 is 5.76 Å². The number of rotatable bonds is 4. The highest BCUT2D eigenvalue weighted by Crippen LogP contribution is 2.20. The fourth-order valence-corrected chi connectivity index (χ4v) is 2.29. The number of benzene rings is 2. The van der Waals surface area contributed by atoms with Crippen molar-refractivity contribution >= 4 is 28.4 Å². The number of anilines is 1. The number of nitriles is 1. The van der Waals surface area contributed by atoms with Crippen molar-refractivity contribution in [3.63, 3.8) is 0 Å². The second-order valence-corrected chi connectivity index (χ2v) is 5.10. The highest BCUT2D eigenvalue weighted by molar-refractivity contribution is 5.91. The quantitative estimate of drug-likeness (QED) is 0.572. The van der Waals surface area contributed by atoms with Crippen LogP contribution in [0.15, 0.2) is 51.7 Å². The van der Waals surface area contributed by atoms with Crippen LogP contribution in [0.4, 0.5) is 11.4 Å². The maximum absolute atomic E-state index is 12.1. The highest BCUT2D eigenvalue weighted by atomic mass is 16.6. The van der Waals surface area contributed by atoms with E-state index in [4.69, 9.17) is 9.68 Å². The summed E-state index contributed by atoms with van der Waals surface area (Å²) in [5, 5.41) is 22.1. The Morgan fingerprint density at radius 3 is 2.64 bits per heavy atom. The fourth-order valence-electron chi connectivity index (χ4n) is 2.29. The van der Waals surface area contributed by atoms with E-state index < -0.39 is 16.6 Å². The Morgan fingerprint density at radius 1 is 1.28 bits per heavy atom. The number of nitro benzene ring substituents is 1. The van der Waals surface area contributed by atoms with Gasteiger partial charge in [-0.2, -0.15) is 5.26 Å². The molecule has 124 valence electrons. The van der Waals surface area contributed by atoms with Gasteiger partial charge in [-0.05, 0) is 30.3 Å². The molecule has 0 saturated carbocycles. The van der Waals surface area contributed by atoms with Gasteiger partial charge in [0, 0.05) is 11.8 Å². The van der Waals surface area contributed by atoms with Gasteiger partial charge in [0.1, 0.15) is 6.54 Å². The maximum atomic E-state index is 12.1. The number of fused-ring (bicyclic) bond motifs is 1. The first-order chi connectivity index (χ1) is 12.0. The summed E-state index contributed by atoms with van der Waals surface area (Å²) in [6.07, 6.45) is 0. The van der Waals surface area contributed by atoms with Gasteiger partial charge in [-0.15, -0.1) is 0 Å². The molecule has 0 aliphatic heterocycles. The second kappa shape index (κ2) is 6.29. The molecule has 1 aromatic heterocycles. The number of aromatic nitrogens is 1. The topological polar surface area (TPSA) is 131 Å². The fraction of sp³-hybridized carbons (Fsp3) is 0.0625. The molecule has 0 radical (unpaired) electrons. The van der Waals surface area contributed by atoms with E-state index in [9.17, 15) is 19.7 Å². The van der Waals surface area contributed by atoms with Crippen molar-refractivity contribution in [3.8, 4) is 6.07 Å². The molecule has 0 aliphatic rings. The third kappa shape index (κ3) is 3.23. The molecule has 0 bridgehead atoms. The smallest absolute Gasteiger partial charge is 0.407 e. The predicted molar refractivity (Wildman–Crippen MR) is 86.9 cm³/mol. The van der Waals surface area contributed by atoms with Gasteiger partial charge in [0.25, 0.3) is 5.69 Å². The minimum Gasteiger partial charge on any atom is -0.407 e. The third-order valence-electron chi connectivity index (χ3n) is 3.46. The zero-order valence-corrected chi connectivity index (χ0v) is 12.6. The van der Waals surface area contributed by atoms with Crippen LogP contribution < -0.4 is 11.1 Å². The Kier molecular flexibility index (Phi) is 4.01. The molecule has 0 atom stereocenters. The lowest BCUT2D eigenvalue weighted by Crippen LogP contribution is -2.24. The van der Waals surface area contributed by atoms with Crippen molar-refractivity contribution in [2.45, 2.75) is 6.54 Å². The second-order valence-electron chi connectivity index (χ2n) is 5.10. The number of hydrogen-bond acceptors (Lipinski definition) is 6. The van der Waals surface area contributed by atoms with Crippen LogP contribution in [0.1, 0.15) is 5.56 Å². The molecule has 0 aliphatic carbocycles. The van der Waals surface area contributed by atoms with Crippen LogP contribution in [0.3, 0.4) is 0 Å². The van der Waals surface area contributed by atoms with Gasteiger partial charge in [-0.1, -0.05) is 0 Å². The lowest BCUT2D eigenvalue weighted by atomic mass is 10.2. The molecule has 0 unspecified atom stereocenters. The molecule has 0 saturated heterocycles. The third-order valence-corrected chi connectivity index (χ3v) is 3.46. The largest absolute Gasteiger partial charge is 0.420 e. The van der Waals surface area contributed by atoms with Gasteiger partial charge in [-0.25, -0.2) is 4.79 Å². The predicted octanol–water partition coefficient (Wildman–Crippen LogP) is 2.01. The molecular formula is C16H10N4O5. The van der Waals surface area contributed by atoms with Gasteiger partial charge < -0.3 is 9.73 Å². The molecule has 2 aromatic carbocycles. The number of oxazole rings is 1. The van der Waals surface area contributed by atoms with Crippen LogP contribution in [0.25, 0.3) is 11.1 Å². The van der Waals surface area contributed by atoms with Crippen molar-refractivity contribution in [1.29, 1.82) is 5.26 Å². The van der Waals surface area contributed by atoms with Crippen molar-refractivity contribution in [3.05, 3.63) is 68.7 Å². The van der Waals surface area contributed by atoms with Gasteiger partial charge in [0.05, 0.1) is 28.1 Å². The summed E-state index contributed by atoms with van der Waals surface area (Å²) in [5.74, 6) is -1.27. The van der Waals surface area contributed by atoms with E-state index in [0.29, 0.717) is 11.3 Å². The number of nitrogens with zero attached hydrogens (tertiary/aromatic N) is 3. The zero-order valence-electron chi connectivity index (χ0n) is 12.6. The van der Waals surface area contributed by atoms with Crippen LogP contribution in [-0.4, -0.2) is 15.4 Å². The van der Waals surface area contributed by atoms with E-state index in [1.807, 2.05) is 6.07 Å². The van der Waals surface area contributed by atoms with Crippen LogP contribution in [0.5, 0.6) is 0 Å². The first-order valence-electron chi connectivity index (χ1n) is 7.06. The normalized spacial score (nSPS) is 10.4. The van der Waals surface area contributed by atoms with E-state index in [-0.39, 0.29) is 23.3 Å². The van der Waals surface area contributed by atoms with Crippen LogP contribution >= 0.6 is 0 Å². The summed E-state index contributed by atoms with van der Waals surface area (Å²) in [4.78, 5) is 34.2. The van der Waals surface area contributed by atoms with E-state index in [1.54, 1.807) is 24.3 Å². The number of hydrogen-bond donors (Lipinski definition) is 1. The maximum Gasteiger partial charge on any atom is 0.420 e. The number of carbonyl (C=O) groups excluding carboxylic acids is 1. The molecule has 0 fully saturated rings. The molecular weight excluding hydrogens is 328 g/mol. The Hall–Kier alpha value is -3.93. The Bertz CT molecular complexity index is 1070. The molecule has 1 N–H and O–H groups in total. The molecule has 1 heterocycles. The van der Waals surface area contributed by atoms with E-state index in [2.05, 4.69) is 5.32 Å². The monoisotopic (exact) mass is 338 g/mol. The average molecular weight is 338 g/mol. The Morgan fingerprint density at radius 2 is 2.00 bits per heavy atom. The van der Waals surface area contributed by atoms with Crippen LogP contribution in [-0.2, 0) is 11.3 Å². The lowest BCUT2D eigenvalue weighted by molar-refractivity contribution is -0.384. The van der Waals surface area contributed by atoms with Crippen molar-refractivity contribution in [2.75, 3.05) is 5.32 Å². The number of nitrogens with one attached hydrogen (secondary N) is 1. The van der Waals surface area contributed by atoms with Crippen molar-refractivity contribution in [2.24, 2.45) is 0 Å². The SMILES string of the molecule is N#Cc1ccc(NC(=O)Cn2c(=O)oc3cc([N+](=O)[O-])ccc32)cc1. The average Bonchev–Trinajstić information content (AvgIpc) is 2.90. The Labute approximate surface area is 139 Å². The summed E-state index contributed by atoms with van der Waals surface area (Å²) >= 11 is 0. The summed E-state index contributed by atoms with van der Waals surface area (Å²) < 4.78 is 6.04. The molecule has 3 aromatic rings. The standard InChI is InChI=1S/C16H10N4O5/c17-8-10-1-3-11(4-2-10)18-15(21)9-19-13-6-5-12(20(23)24)7-14(13)25-16(19)22/h1-7H,9H2,(H,18,21). The minimum atomic E-state index is -0.787. The van der Waals surface area contributed by atoms with Gasteiger partial charge in [-0.3, -0.25) is 19.5 Å². The van der Waals surface area contributed by atoms with Crippen molar-refractivity contribution < 1.29 is 14.1 Å². The Balaban J connectivity index is 1.83. The molecule has 9 nitrogen and oxygen atoms in total. The van der Waals surface area contributed by atoms with Gasteiger partial charge in [0.2, 0.25) is 5.91 Å². The minimum absolute atomic E-state index is 0.0328. The van der Waals surface area contributed by atoms with Gasteiger partial charge in [0.15, 0.2) is 5.58 Å². The number of carbonyl (C=O) groups is 1. The van der Waals surface area contributed by atoms with Crippen LogP contribution in [0.2, 0.25) is 0 Å². The van der Waals surface area contributed by atoms with Crippen molar-refractivity contribution in [1.82, 2.24) is 4.57 Å². The summed E-state index contributed by atoms with van der Waals surface area (Å²) in [6, 6.07) is 11.9. The molecule has 0 spiro atoms. The summed E-state index contributed by atoms with van der Waals surface area (Å²) in [5.41, 5.74) is 1.03. The molecule has 25 heavy (non-hydrogen) atoms. The first-order valence-corrected chi connectivity index (χ1v) is 7.06. The van der Waals surface area contributed by atoms with Crippen LogP contribution in [0, 0.1) is 21.4 Å². The molecule has 1 amide bonds. The highest BCUT2D eigenvalue weighted by Gasteiger charge is 2.16. The van der Waals surface area contributed by atoms with E-state index in [0.717, 1.165) is 10.6 Å². The van der Waals surface area contributed by atoms with E-state index >= 15 is 0 Å². The number of non-ortho nitro benzene ring substituents is 1. The zero-order chi connectivity index (χ0) is 18.0. The molecule has 9 heteroatoms. The van der Waals surface area contributed by atoms with E-state index in [1.165, 1.54) is 12.1 Å². The molecule has 3 rings (SSSR count). The lowest BCUT2D eigenvalue weighted by Gasteiger charge is -2.05. The number of amides is 1. The number of nitro groups is 1. The first kappa shape index (κ1) is 15.9.